The first-order valence-electron chi connectivity index (χ1n) is 6.03. The van der Waals surface area contributed by atoms with Crippen LogP contribution in [0.5, 0.6) is 0 Å². The lowest BCUT2D eigenvalue weighted by Crippen LogP contribution is -2.28. The van der Waals surface area contributed by atoms with Crippen LogP contribution in [0.3, 0.4) is 0 Å². The Hall–Kier alpha value is -1.74. The largest absolute Gasteiger partial charge is 0.397 e. The van der Waals surface area contributed by atoms with E-state index in [1.807, 2.05) is 18.7 Å². The number of benzene rings is 1. The molecule has 1 rings (SSSR count). The Bertz CT molecular complexity index is 590. The van der Waals surface area contributed by atoms with E-state index >= 15 is 0 Å². The molecular formula is C13H19N3O2S. The summed E-state index contributed by atoms with van der Waals surface area (Å²) in [7, 11) is -3.25. The number of hydrogen-bond acceptors (Lipinski definition) is 5. The topological polar surface area (TPSA) is 87.2 Å². The summed E-state index contributed by atoms with van der Waals surface area (Å²) in [4.78, 5) is 2.17. The predicted octanol–water partition coefficient (Wildman–Crippen LogP) is 1.66. The second-order valence-electron chi connectivity index (χ2n) is 4.56. The van der Waals surface area contributed by atoms with Crippen LogP contribution in [0.1, 0.15) is 13.8 Å². The van der Waals surface area contributed by atoms with Gasteiger partial charge < -0.3 is 10.6 Å². The maximum Gasteiger partial charge on any atom is 0.175 e. The molecule has 0 aliphatic rings. The van der Waals surface area contributed by atoms with E-state index in [1.54, 1.807) is 12.1 Å². The van der Waals surface area contributed by atoms with Gasteiger partial charge in [-0.15, -0.1) is 0 Å². The van der Waals surface area contributed by atoms with Crippen LogP contribution < -0.4 is 10.6 Å². The minimum absolute atomic E-state index is 0.117. The Kier molecular flexibility index (Phi) is 4.78. The van der Waals surface area contributed by atoms with Crippen molar-refractivity contribution < 1.29 is 8.42 Å². The summed E-state index contributed by atoms with van der Waals surface area (Å²) < 4.78 is 22.9. The highest BCUT2D eigenvalue weighted by molar-refractivity contribution is 7.90. The second kappa shape index (κ2) is 5.93. The molecule has 1 unspecified atom stereocenters. The fourth-order valence-corrected chi connectivity index (χ4v) is 2.48. The van der Waals surface area contributed by atoms with Crippen molar-refractivity contribution in [2.75, 3.05) is 30.0 Å². The second-order valence-corrected chi connectivity index (χ2v) is 6.58. The van der Waals surface area contributed by atoms with Gasteiger partial charge in [-0.2, -0.15) is 5.26 Å². The molecule has 0 heterocycles. The molecule has 1 aromatic rings. The molecule has 19 heavy (non-hydrogen) atoms. The lowest BCUT2D eigenvalue weighted by atomic mass is 10.1. The maximum atomic E-state index is 11.4. The predicted molar refractivity (Wildman–Crippen MR) is 76.6 cm³/mol. The Morgan fingerprint density at radius 2 is 2.11 bits per heavy atom. The minimum atomic E-state index is -3.25. The van der Waals surface area contributed by atoms with E-state index in [2.05, 4.69) is 6.07 Å². The van der Waals surface area contributed by atoms with Crippen molar-refractivity contribution in [3.8, 4) is 6.07 Å². The number of anilines is 2. The summed E-state index contributed by atoms with van der Waals surface area (Å²) in [5.41, 5.74) is 7.10. The first kappa shape index (κ1) is 15.3. The summed E-state index contributed by atoms with van der Waals surface area (Å²) in [5, 5.41) is 8.86. The molecule has 0 saturated carbocycles. The molecule has 2 N–H and O–H groups in total. The van der Waals surface area contributed by atoms with E-state index < -0.39 is 9.84 Å². The van der Waals surface area contributed by atoms with E-state index in [9.17, 15) is 8.42 Å². The number of rotatable bonds is 5. The molecule has 6 heteroatoms. The normalized spacial score (nSPS) is 12.7. The van der Waals surface area contributed by atoms with Crippen molar-refractivity contribution in [2.24, 2.45) is 5.92 Å². The van der Waals surface area contributed by atoms with Crippen LogP contribution in [-0.2, 0) is 9.84 Å². The average Bonchev–Trinajstić information content (AvgIpc) is 2.34. The molecule has 0 bridgehead atoms. The molecule has 1 atom stereocenters. The number of nitrogens with zero attached hydrogens (tertiary/aromatic N) is 2. The van der Waals surface area contributed by atoms with Crippen molar-refractivity contribution in [1.29, 1.82) is 5.26 Å². The van der Waals surface area contributed by atoms with E-state index in [1.165, 1.54) is 6.07 Å². The van der Waals surface area contributed by atoms with Crippen LogP contribution in [0.15, 0.2) is 23.1 Å². The van der Waals surface area contributed by atoms with Gasteiger partial charge in [0.25, 0.3) is 0 Å². The molecule has 0 spiro atoms. The fraction of sp³-hybridized carbons (Fsp3) is 0.462. The highest BCUT2D eigenvalue weighted by Gasteiger charge is 2.14. The zero-order valence-corrected chi connectivity index (χ0v) is 12.2. The van der Waals surface area contributed by atoms with E-state index in [4.69, 9.17) is 11.0 Å². The van der Waals surface area contributed by atoms with Gasteiger partial charge in [-0.25, -0.2) is 8.42 Å². The molecule has 104 valence electrons. The molecule has 5 nitrogen and oxygen atoms in total. The number of nitrogens with two attached hydrogens (primary N) is 1. The minimum Gasteiger partial charge on any atom is -0.397 e. The average molecular weight is 281 g/mol. The third-order valence-corrected chi connectivity index (χ3v) is 3.97. The highest BCUT2D eigenvalue weighted by atomic mass is 32.2. The Morgan fingerprint density at radius 1 is 1.47 bits per heavy atom. The number of nitriles is 1. The summed E-state index contributed by atoms with van der Waals surface area (Å²) in [6.45, 7) is 5.07. The zero-order chi connectivity index (χ0) is 14.6. The summed E-state index contributed by atoms with van der Waals surface area (Å²) in [6.07, 6.45) is 1.15. The van der Waals surface area contributed by atoms with Gasteiger partial charge in [-0.3, -0.25) is 0 Å². The quantitative estimate of drug-likeness (QED) is 0.829. The fourth-order valence-electron chi connectivity index (χ4n) is 1.82. The van der Waals surface area contributed by atoms with Crippen LogP contribution in [-0.4, -0.2) is 27.8 Å². The Morgan fingerprint density at radius 3 is 2.53 bits per heavy atom. The standard InChI is InChI=1S/C13H19N3O2S/c1-4-16(9-10(2)8-14)13-6-5-11(7-12(13)15)19(3,17)18/h5-7,10H,4,9,15H2,1-3H3. The van der Waals surface area contributed by atoms with Crippen molar-refractivity contribution in [3.05, 3.63) is 18.2 Å². The third kappa shape index (κ3) is 3.86. The van der Waals surface area contributed by atoms with Gasteiger partial charge >= 0.3 is 0 Å². The van der Waals surface area contributed by atoms with Crippen LogP contribution in [0.2, 0.25) is 0 Å². The van der Waals surface area contributed by atoms with Crippen LogP contribution in [0.4, 0.5) is 11.4 Å². The van der Waals surface area contributed by atoms with E-state index in [-0.39, 0.29) is 10.8 Å². The van der Waals surface area contributed by atoms with Gasteiger partial charge in [0, 0.05) is 19.3 Å². The lowest BCUT2D eigenvalue weighted by molar-refractivity contribution is 0.602. The van der Waals surface area contributed by atoms with Crippen molar-refractivity contribution in [3.63, 3.8) is 0 Å². The SMILES string of the molecule is CCN(CC(C)C#N)c1ccc(S(C)(=O)=O)cc1N. The molecule has 0 amide bonds. The monoisotopic (exact) mass is 281 g/mol. The van der Waals surface area contributed by atoms with Crippen molar-refractivity contribution >= 4 is 21.2 Å². The van der Waals surface area contributed by atoms with Crippen LogP contribution >= 0.6 is 0 Å². The maximum absolute atomic E-state index is 11.4. The molecular weight excluding hydrogens is 262 g/mol. The smallest absolute Gasteiger partial charge is 0.175 e. The van der Waals surface area contributed by atoms with Crippen LogP contribution in [0.25, 0.3) is 0 Å². The van der Waals surface area contributed by atoms with Crippen molar-refractivity contribution in [2.45, 2.75) is 18.7 Å². The van der Waals surface area contributed by atoms with E-state index in [0.29, 0.717) is 18.8 Å². The van der Waals surface area contributed by atoms with Gasteiger partial charge in [0.15, 0.2) is 9.84 Å². The van der Waals surface area contributed by atoms with Gasteiger partial charge in [0.05, 0.1) is 28.3 Å². The van der Waals surface area contributed by atoms with Crippen molar-refractivity contribution in [1.82, 2.24) is 0 Å². The van der Waals surface area contributed by atoms with E-state index in [0.717, 1.165) is 11.9 Å². The lowest BCUT2D eigenvalue weighted by Gasteiger charge is -2.25. The number of hydrogen-bond donors (Lipinski definition) is 1. The molecule has 0 fully saturated rings. The number of nitrogen functional groups attached to an aromatic ring is 1. The zero-order valence-electron chi connectivity index (χ0n) is 11.4. The molecule has 0 radical (unpaired) electrons. The van der Waals surface area contributed by atoms with Crippen LogP contribution in [0, 0.1) is 17.2 Å². The molecule has 0 aliphatic heterocycles. The molecule has 1 aromatic carbocycles. The van der Waals surface area contributed by atoms with Gasteiger partial charge in [0.2, 0.25) is 0 Å². The Balaban J connectivity index is 3.11. The van der Waals surface area contributed by atoms with Gasteiger partial charge in [0.1, 0.15) is 0 Å². The first-order valence-corrected chi connectivity index (χ1v) is 7.92. The van der Waals surface area contributed by atoms with Gasteiger partial charge in [-0.1, -0.05) is 0 Å². The molecule has 0 aromatic heterocycles. The highest BCUT2D eigenvalue weighted by Crippen LogP contribution is 2.26. The molecule has 0 aliphatic carbocycles. The number of sulfone groups is 1. The van der Waals surface area contributed by atoms with Gasteiger partial charge in [-0.05, 0) is 32.0 Å². The summed E-state index contributed by atoms with van der Waals surface area (Å²) >= 11 is 0. The first-order chi connectivity index (χ1) is 8.79. The molecule has 0 saturated heterocycles. The summed E-state index contributed by atoms with van der Waals surface area (Å²) in [6, 6.07) is 6.88. The summed E-state index contributed by atoms with van der Waals surface area (Å²) in [5.74, 6) is -0.117. The third-order valence-electron chi connectivity index (χ3n) is 2.86. The Labute approximate surface area is 114 Å².